The first-order valence-electron chi connectivity index (χ1n) is 11.2. The quantitative estimate of drug-likeness (QED) is 0.609. The Bertz CT molecular complexity index is 1070. The molecule has 1 saturated heterocycles. The van der Waals surface area contributed by atoms with Crippen LogP contribution in [-0.4, -0.2) is 45.5 Å². The van der Waals surface area contributed by atoms with Gasteiger partial charge in [0.1, 0.15) is 12.7 Å². The van der Waals surface area contributed by atoms with Crippen LogP contribution in [0.3, 0.4) is 0 Å². The van der Waals surface area contributed by atoms with Crippen molar-refractivity contribution in [3.63, 3.8) is 0 Å². The number of hydrogen-bond acceptors (Lipinski definition) is 5. The highest BCUT2D eigenvalue weighted by Gasteiger charge is 2.29. The van der Waals surface area contributed by atoms with E-state index in [0.717, 1.165) is 41.4 Å². The molecule has 0 N–H and O–H groups in total. The standard InChI is InChI=1S/C25H28N4O3/c1-17-9-18(2)13-28(12-17)25(30)11-22(20-5-8-23-24(10-20)32-16-31-23)19-3-6-21(7-4-19)29-15-26-14-27-29/h3-8,10,14-15,17-18,22H,9,11-13,16H2,1-2H3. The van der Waals surface area contributed by atoms with Crippen LogP contribution in [0.1, 0.15) is 43.7 Å². The maximum Gasteiger partial charge on any atom is 0.231 e. The number of rotatable bonds is 5. The monoisotopic (exact) mass is 432 g/mol. The minimum absolute atomic E-state index is 0.0747. The highest BCUT2D eigenvalue weighted by Crippen LogP contribution is 2.38. The highest BCUT2D eigenvalue weighted by atomic mass is 16.7. The summed E-state index contributed by atoms with van der Waals surface area (Å²) in [5, 5.41) is 4.20. The molecule has 166 valence electrons. The first kappa shape index (κ1) is 20.5. The fraction of sp³-hybridized carbons (Fsp3) is 0.400. The molecule has 3 aromatic rings. The molecule has 5 rings (SSSR count). The van der Waals surface area contributed by atoms with E-state index in [1.165, 1.54) is 12.7 Å². The van der Waals surface area contributed by atoms with E-state index in [4.69, 9.17) is 9.47 Å². The van der Waals surface area contributed by atoms with Gasteiger partial charge in [-0.05, 0) is 53.6 Å². The number of hydrogen-bond donors (Lipinski definition) is 0. The second-order valence-corrected chi connectivity index (χ2v) is 9.05. The van der Waals surface area contributed by atoms with Gasteiger partial charge in [-0.1, -0.05) is 32.0 Å². The Kier molecular flexibility index (Phi) is 5.55. The van der Waals surface area contributed by atoms with Gasteiger partial charge in [0.2, 0.25) is 12.7 Å². The lowest BCUT2D eigenvalue weighted by Gasteiger charge is -2.36. The summed E-state index contributed by atoms with van der Waals surface area (Å²) in [4.78, 5) is 19.4. The summed E-state index contributed by atoms with van der Waals surface area (Å²) in [5.41, 5.74) is 3.06. The van der Waals surface area contributed by atoms with Gasteiger partial charge in [-0.15, -0.1) is 0 Å². The van der Waals surface area contributed by atoms with Crippen LogP contribution in [0.15, 0.2) is 55.1 Å². The third kappa shape index (κ3) is 4.20. The summed E-state index contributed by atoms with van der Waals surface area (Å²) in [6, 6.07) is 14.1. The van der Waals surface area contributed by atoms with Crippen LogP contribution in [0.25, 0.3) is 5.69 Å². The normalized spacial score (nSPS) is 20.9. The Morgan fingerprint density at radius 1 is 1.03 bits per heavy atom. The van der Waals surface area contributed by atoms with E-state index in [0.29, 0.717) is 18.3 Å². The van der Waals surface area contributed by atoms with Crippen LogP contribution in [0.4, 0.5) is 0 Å². The number of benzene rings is 2. The smallest absolute Gasteiger partial charge is 0.231 e. The number of fused-ring (bicyclic) bond motifs is 1. The number of carbonyl (C=O) groups is 1. The molecule has 2 aromatic carbocycles. The number of likely N-dealkylation sites (tertiary alicyclic amines) is 1. The van der Waals surface area contributed by atoms with E-state index in [1.807, 2.05) is 35.2 Å². The first-order chi connectivity index (χ1) is 15.6. The number of carbonyl (C=O) groups excluding carboxylic acids is 1. The van der Waals surface area contributed by atoms with Crippen LogP contribution >= 0.6 is 0 Å². The van der Waals surface area contributed by atoms with Crippen molar-refractivity contribution in [1.82, 2.24) is 19.7 Å². The fourth-order valence-corrected chi connectivity index (χ4v) is 4.93. The van der Waals surface area contributed by atoms with Crippen molar-refractivity contribution in [1.29, 1.82) is 0 Å². The van der Waals surface area contributed by atoms with E-state index in [2.05, 4.69) is 36.1 Å². The van der Waals surface area contributed by atoms with Gasteiger partial charge in [0.25, 0.3) is 0 Å². The average Bonchev–Trinajstić information content (AvgIpc) is 3.48. The van der Waals surface area contributed by atoms with Gasteiger partial charge in [0.05, 0.1) is 5.69 Å². The van der Waals surface area contributed by atoms with Gasteiger partial charge in [0, 0.05) is 25.4 Å². The number of piperidine rings is 1. The summed E-state index contributed by atoms with van der Waals surface area (Å²) in [6.07, 6.45) is 4.79. The predicted molar refractivity (Wildman–Crippen MR) is 120 cm³/mol. The van der Waals surface area contributed by atoms with Crippen LogP contribution in [0.2, 0.25) is 0 Å². The van der Waals surface area contributed by atoms with Crippen LogP contribution < -0.4 is 9.47 Å². The Balaban J connectivity index is 1.44. The molecule has 7 heteroatoms. The second kappa shape index (κ2) is 8.65. The van der Waals surface area contributed by atoms with Gasteiger partial charge >= 0.3 is 0 Å². The fourth-order valence-electron chi connectivity index (χ4n) is 4.93. The highest BCUT2D eigenvalue weighted by molar-refractivity contribution is 5.78. The van der Waals surface area contributed by atoms with Crippen molar-refractivity contribution in [2.45, 2.75) is 32.6 Å². The molecule has 3 atom stereocenters. The number of nitrogens with zero attached hydrogens (tertiary/aromatic N) is 4. The van der Waals surface area contributed by atoms with Gasteiger partial charge in [-0.25, -0.2) is 9.67 Å². The zero-order valence-electron chi connectivity index (χ0n) is 18.5. The third-order valence-corrected chi connectivity index (χ3v) is 6.38. The van der Waals surface area contributed by atoms with Crippen molar-refractivity contribution in [3.8, 4) is 17.2 Å². The lowest BCUT2D eigenvalue weighted by molar-refractivity contribution is -0.134. The molecule has 0 radical (unpaired) electrons. The molecule has 2 aliphatic heterocycles. The maximum absolute atomic E-state index is 13.4. The molecule has 3 unspecified atom stereocenters. The molecular weight excluding hydrogens is 404 g/mol. The summed E-state index contributed by atoms with van der Waals surface area (Å²) in [5.74, 6) is 2.68. The van der Waals surface area contributed by atoms with Gasteiger partial charge in [0.15, 0.2) is 11.5 Å². The Morgan fingerprint density at radius 3 is 2.47 bits per heavy atom. The SMILES string of the molecule is CC1CC(C)CN(C(=O)CC(c2ccc(-n3cncn3)cc2)c2ccc3c(c2)OCO3)C1. The van der Waals surface area contributed by atoms with Gasteiger partial charge in [-0.2, -0.15) is 5.10 Å². The average molecular weight is 433 g/mol. The van der Waals surface area contributed by atoms with E-state index in [-0.39, 0.29) is 18.6 Å². The summed E-state index contributed by atoms with van der Waals surface area (Å²) in [7, 11) is 0. The molecule has 7 nitrogen and oxygen atoms in total. The largest absolute Gasteiger partial charge is 0.454 e. The third-order valence-electron chi connectivity index (χ3n) is 6.38. The van der Waals surface area contributed by atoms with Crippen molar-refractivity contribution in [2.75, 3.05) is 19.9 Å². The molecule has 0 bridgehead atoms. The second-order valence-electron chi connectivity index (χ2n) is 9.05. The molecule has 1 amide bonds. The minimum Gasteiger partial charge on any atom is -0.454 e. The molecule has 0 spiro atoms. The van der Waals surface area contributed by atoms with Gasteiger partial charge in [-0.3, -0.25) is 4.79 Å². The van der Waals surface area contributed by atoms with E-state index in [1.54, 1.807) is 11.0 Å². The molecule has 0 aliphatic carbocycles. The molecule has 1 fully saturated rings. The summed E-state index contributed by atoms with van der Waals surface area (Å²) >= 11 is 0. The number of ether oxygens (including phenoxy) is 2. The number of aromatic nitrogens is 3. The maximum atomic E-state index is 13.4. The lowest BCUT2D eigenvalue weighted by Crippen LogP contribution is -2.43. The van der Waals surface area contributed by atoms with Crippen molar-refractivity contribution in [2.24, 2.45) is 11.8 Å². The van der Waals surface area contributed by atoms with Crippen LogP contribution in [0.5, 0.6) is 11.5 Å². The van der Waals surface area contributed by atoms with Crippen molar-refractivity contribution in [3.05, 3.63) is 66.2 Å². The Hall–Kier alpha value is -3.35. The van der Waals surface area contributed by atoms with Crippen LogP contribution in [-0.2, 0) is 4.79 Å². The van der Waals surface area contributed by atoms with Crippen molar-refractivity contribution < 1.29 is 14.3 Å². The lowest BCUT2D eigenvalue weighted by atomic mass is 9.86. The number of amides is 1. The molecule has 0 saturated carbocycles. The minimum atomic E-state index is -0.0747. The predicted octanol–water partition coefficient (Wildman–Crippen LogP) is 4.02. The van der Waals surface area contributed by atoms with E-state index in [9.17, 15) is 4.79 Å². The summed E-state index contributed by atoms with van der Waals surface area (Å²) in [6.45, 7) is 6.37. The molecule has 1 aromatic heterocycles. The first-order valence-corrected chi connectivity index (χ1v) is 11.2. The Morgan fingerprint density at radius 2 is 1.75 bits per heavy atom. The van der Waals surface area contributed by atoms with E-state index >= 15 is 0 Å². The zero-order chi connectivity index (χ0) is 22.1. The molecule has 3 heterocycles. The molecular formula is C25H28N4O3. The van der Waals surface area contributed by atoms with E-state index < -0.39 is 0 Å². The zero-order valence-corrected chi connectivity index (χ0v) is 18.5. The van der Waals surface area contributed by atoms with Crippen LogP contribution in [0, 0.1) is 11.8 Å². The topological polar surface area (TPSA) is 69.5 Å². The Labute approximate surface area is 188 Å². The van der Waals surface area contributed by atoms with Crippen molar-refractivity contribution >= 4 is 5.91 Å². The summed E-state index contributed by atoms with van der Waals surface area (Å²) < 4.78 is 12.8. The molecule has 32 heavy (non-hydrogen) atoms. The molecule has 2 aliphatic rings. The van der Waals surface area contributed by atoms with Gasteiger partial charge < -0.3 is 14.4 Å².